The van der Waals surface area contributed by atoms with Crippen molar-refractivity contribution >= 4 is 33.7 Å². The van der Waals surface area contributed by atoms with Crippen molar-refractivity contribution in [3.05, 3.63) is 78.4 Å². The number of benzene rings is 2. The zero-order valence-electron chi connectivity index (χ0n) is 17.0. The molecule has 31 heavy (non-hydrogen) atoms. The number of amides is 1. The number of carbonyl (C=O) groups excluding carboxylic acids is 1. The van der Waals surface area contributed by atoms with E-state index in [9.17, 15) is 4.79 Å². The van der Waals surface area contributed by atoms with Crippen LogP contribution in [0, 0.1) is 0 Å². The monoisotopic (exact) mass is 408 g/mol. The summed E-state index contributed by atoms with van der Waals surface area (Å²) in [5.74, 6) is 0.273. The van der Waals surface area contributed by atoms with Crippen LogP contribution in [0.15, 0.2) is 67.1 Å². The summed E-state index contributed by atoms with van der Waals surface area (Å²) >= 11 is 0. The van der Waals surface area contributed by atoms with Crippen LogP contribution in [0.4, 0.5) is 5.69 Å². The van der Waals surface area contributed by atoms with Crippen LogP contribution in [-0.4, -0.2) is 30.2 Å². The highest BCUT2D eigenvalue weighted by Gasteiger charge is 2.28. The molecule has 3 aromatic heterocycles. The first-order chi connectivity index (χ1) is 15.2. The lowest BCUT2D eigenvalue weighted by atomic mass is 10.1. The van der Waals surface area contributed by atoms with E-state index in [4.69, 9.17) is 4.98 Å². The van der Waals surface area contributed by atoms with Gasteiger partial charge in [0.05, 0.1) is 39.6 Å². The van der Waals surface area contributed by atoms with Gasteiger partial charge in [0.2, 0.25) is 0 Å². The van der Waals surface area contributed by atoms with Crippen LogP contribution < -0.4 is 5.32 Å². The lowest BCUT2D eigenvalue weighted by Gasteiger charge is -2.13. The molecule has 152 valence electrons. The van der Waals surface area contributed by atoms with Gasteiger partial charge in [0.1, 0.15) is 6.33 Å². The Morgan fingerprint density at radius 2 is 1.90 bits per heavy atom. The van der Waals surface area contributed by atoms with Gasteiger partial charge in [-0.25, -0.2) is 9.97 Å². The third kappa shape index (κ3) is 2.97. The molecule has 1 saturated carbocycles. The van der Waals surface area contributed by atoms with Crippen LogP contribution in [0.5, 0.6) is 0 Å². The first-order valence-corrected chi connectivity index (χ1v) is 10.3. The van der Waals surface area contributed by atoms with Crippen LogP contribution in [0.3, 0.4) is 0 Å². The van der Waals surface area contributed by atoms with E-state index in [0.717, 1.165) is 52.0 Å². The summed E-state index contributed by atoms with van der Waals surface area (Å²) in [6.45, 7) is 0. The van der Waals surface area contributed by atoms with Crippen LogP contribution in [0.1, 0.15) is 34.8 Å². The fourth-order valence-electron chi connectivity index (χ4n) is 4.04. The van der Waals surface area contributed by atoms with Crippen molar-refractivity contribution in [2.24, 2.45) is 7.05 Å². The van der Waals surface area contributed by atoms with Gasteiger partial charge in [-0.2, -0.15) is 5.10 Å². The number of rotatable bonds is 4. The number of nitrogens with zero attached hydrogens (tertiary/aromatic N) is 5. The maximum atomic E-state index is 13.4. The molecular formula is C24H20N6O. The summed E-state index contributed by atoms with van der Waals surface area (Å²) in [5, 5.41) is 8.20. The quantitative estimate of drug-likeness (QED) is 0.477. The van der Waals surface area contributed by atoms with Crippen molar-refractivity contribution < 1.29 is 4.79 Å². The molecule has 0 bridgehead atoms. The number of aryl methyl sites for hydroxylation is 1. The van der Waals surface area contributed by atoms with Gasteiger partial charge in [-0.3, -0.25) is 14.0 Å². The lowest BCUT2D eigenvalue weighted by Crippen LogP contribution is -2.15. The molecule has 6 rings (SSSR count). The van der Waals surface area contributed by atoms with Crippen molar-refractivity contribution in [3.8, 4) is 5.69 Å². The first kappa shape index (κ1) is 17.8. The number of hydrogen-bond acceptors (Lipinski definition) is 4. The number of aromatic nitrogens is 5. The minimum Gasteiger partial charge on any atom is -0.320 e. The molecule has 7 heteroatoms. The molecule has 1 N–H and O–H groups in total. The lowest BCUT2D eigenvalue weighted by molar-refractivity contribution is 0.102. The average Bonchev–Trinajstić information content (AvgIpc) is 3.46. The maximum Gasteiger partial charge on any atom is 0.256 e. The van der Waals surface area contributed by atoms with Gasteiger partial charge in [0, 0.05) is 18.7 Å². The van der Waals surface area contributed by atoms with Crippen molar-refractivity contribution in [2.45, 2.75) is 18.8 Å². The summed E-state index contributed by atoms with van der Waals surface area (Å²) in [5.41, 5.74) is 5.78. The number of imidazole rings is 1. The van der Waals surface area contributed by atoms with Gasteiger partial charge in [-0.05, 0) is 43.2 Å². The second-order valence-corrected chi connectivity index (χ2v) is 7.95. The second-order valence-electron chi connectivity index (χ2n) is 7.95. The summed E-state index contributed by atoms with van der Waals surface area (Å²) in [6, 6.07) is 17.6. The Labute approximate surface area is 178 Å². The number of hydrogen-bond donors (Lipinski definition) is 1. The van der Waals surface area contributed by atoms with E-state index >= 15 is 0 Å². The predicted molar refractivity (Wildman–Crippen MR) is 120 cm³/mol. The molecule has 2 aromatic carbocycles. The largest absolute Gasteiger partial charge is 0.320 e. The van der Waals surface area contributed by atoms with E-state index < -0.39 is 0 Å². The van der Waals surface area contributed by atoms with E-state index in [-0.39, 0.29) is 5.91 Å². The summed E-state index contributed by atoms with van der Waals surface area (Å²) < 4.78 is 3.72. The zero-order valence-corrected chi connectivity index (χ0v) is 17.0. The Bertz CT molecular complexity index is 1460. The van der Waals surface area contributed by atoms with Gasteiger partial charge < -0.3 is 5.32 Å². The zero-order chi connectivity index (χ0) is 20.9. The normalized spacial score (nSPS) is 13.7. The third-order valence-electron chi connectivity index (χ3n) is 5.83. The summed E-state index contributed by atoms with van der Waals surface area (Å²) in [6.07, 6.45) is 5.73. The van der Waals surface area contributed by atoms with E-state index in [0.29, 0.717) is 11.5 Å². The number of anilines is 1. The van der Waals surface area contributed by atoms with Crippen molar-refractivity contribution in [1.29, 1.82) is 0 Å². The number of fused-ring (bicyclic) bond motifs is 2. The van der Waals surface area contributed by atoms with Crippen molar-refractivity contribution in [1.82, 2.24) is 24.3 Å². The van der Waals surface area contributed by atoms with Crippen molar-refractivity contribution in [2.75, 3.05) is 5.32 Å². The Morgan fingerprint density at radius 3 is 2.77 bits per heavy atom. The second kappa shape index (κ2) is 6.77. The van der Waals surface area contributed by atoms with E-state index in [1.807, 2.05) is 66.2 Å². The topological polar surface area (TPSA) is 77.6 Å². The highest BCUT2D eigenvalue weighted by molar-refractivity contribution is 6.12. The Morgan fingerprint density at radius 1 is 1.10 bits per heavy atom. The predicted octanol–water partition coefficient (Wildman–Crippen LogP) is 4.44. The molecule has 7 nitrogen and oxygen atoms in total. The molecule has 0 aliphatic heterocycles. The molecule has 3 heterocycles. The van der Waals surface area contributed by atoms with Gasteiger partial charge in [0.25, 0.3) is 5.91 Å². The molecule has 1 aliphatic rings. The van der Waals surface area contributed by atoms with Gasteiger partial charge in [0.15, 0.2) is 5.65 Å². The molecule has 0 atom stereocenters. The number of nitrogens with one attached hydrogen (secondary N) is 1. The maximum absolute atomic E-state index is 13.4. The highest BCUT2D eigenvalue weighted by atomic mass is 16.1. The van der Waals surface area contributed by atoms with Crippen LogP contribution in [0.2, 0.25) is 0 Å². The molecule has 1 aliphatic carbocycles. The minimum atomic E-state index is -0.167. The summed E-state index contributed by atoms with van der Waals surface area (Å²) in [7, 11) is 1.85. The van der Waals surface area contributed by atoms with Crippen LogP contribution in [-0.2, 0) is 7.05 Å². The molecule has 5 aromatic rings. The summed E-state index contributed by atoms with van der Waals surface area (Å²) in [4.78, 5) is 22.7. The average molecular weight is 408 g/mol. The number of para-hydroxylation sites is 4. The van der Waals surface area contributed by atoms with Gasteiger partial charge in [-0.15, -0.1) is 0 Å². The molecule has 0 unspecified atom stereocenters. The van der Waals surface area contributed by atoms with Gasteiger partial charge >= 0.3 is 0 Å². The highest BCUT2D eigenvalue weighted by Crippen LogP contribution is 2.40. The molecule has 0 saturated heterocycles. The van der Waals surface area contributed by atoms with E-state index in [2.05, 4.69) is 15.4 Å². The third-order valence-corrected chi connectivity index (χ3v) is 5.83. The SMILES string of the molecule is Cn1ncc2c(C(=O)Nc3ccccc3-n3cnc4ccccc43)cc(C3CC3)nc21. The minimum absolute atomic E-state index is 0.167. The van der Waals surface area contributed by atoms with E-state index in [1.54, 1.807) is 17.2 Å². The van der Waals surface area contributed by atoms with Crippen LogP contribution in [0.25, 0.3) is 27.8 Å². The smallest absolute Gasteiger partial charge is 0.256 e. The molecule has 0 spiro atoms. The van der Waals surface area contributed by atoms with Crippen LogP contribution >= 0.6 is 0 Å². The fraction of sp³-hybridized carbons (Fsp3) is 0.167. The first-order valence-electron chi connectivity index (χ1n) is 10.3. The van der Waals surface area contributed by atoms with Gasteiger partial charge in [-0.1, -0.05) is 24.3 Å². The molecule has 1 fully saturated rings. The van der Waals surface area contributed by atoms with E-state index in [1.165, 1.54) is 0 Å². The molecule has 0 radical (unpaired) electrons. The number of pyridine rings is 1. The fourth-order valence-corrected chi connectivity index (χ4v) is 4.04. The Hall–Kier alpha value is -4.00. The number of carbonyl (C=O) groups is 1. The Balaban J connectivity index is 1.43. The molecule has 1 amide bonds. The molecular weight excluding hydrogens is 388 g/mol. The standard InChI is InChI=1S/C24H20N6O/c1-29-23-17(13-26-29)16(12-20(27-23)15-10-11-15)24(31)28-19-7-3-5-9-22(19)30-14-25-18-6-2-4-8-21(18)30/h2-9,12-15H,10-11H2,1H3,(H,28,31). The Kier molecular flexibility index (Phi) is 3.89. The van der Waals surface area contributed by atoms with Crippen molar-refractivity contribution in [3.63, 3.8) is 0 Å².